The molecule has 0 saturated carbocycles. The Morgan fingerprint density at radius 3 is 2.19 bits per heavy atom. The Morgan fingerprint density at radius 2 is 1.76 bits per heavy atom. The van der Waals surface area contributed by atoms with Gasteiger partial charge in [0.25, 0.3) is 0 Å². The lowest BCUT2D eigenvalue weighted by molar-refractivity contribution is -0.139. The Labute approximate surface area is 118 Å². The zero-order chi connectivity index (χ0) is 16.2. The van der Waals surface area contributed by atoms with Crippen LogP contribution in [-0.4, -0.2) is 31.4 Å². The molecule has 0 unspecified atom stereocenters. The third kappa shape index (κ3) is 5.08. The van der Waals surface area contributed by atoms with Crippen LogP contribution in [0.5, 0.6) is 0 Å². The van der Waals surface area contributed by atoms with Crippen LogP contribution in [-0.2, 0) is 19.6 Å². The number of nitrogens with one attached hydrogen (secondary N) is 1. The van der Waals surface area contributed by atoms with Gasteiger partial charge in [-0.1, -0.05) is 0 Å². The maximum atomic E-state index is 13.0. The van der Waals surface area contributed by atoms with Crippen LogP contribution in [0.3, 0.4) is 0 Å². The van der Waals surface area contributed by atoms with Crippen molar-refractivity contribution in [3.8, 4) is 0 Å². The lowest BCUT2D eigenvalue weighted by Gasteiger charge is -2.14. The van der Waals surface area contributed by atoms with E-state index in [4.69, 9.17) is 10.8 Å². The minimum Gasteiger partial charge on any atom is -0.480 e. The van der Waals surface area contributed by atoms with Crippen molar-refractivity contribution in [3.63, 3.8) is 0 Å². The minimum absolute atomic E-state index is 0.364. The highest BCUT2D eigenvalue weighted by Crippen LogP contribution is 2.14. The highest BCUT2D eigenvalue weighted by Gasteiger charge is 2.26. The van der Waals surface area contributed by atoms with Gasteiger partial charge in [-0.3, -0.25) is 9.59 Å². The summed E-state index contributed by atoms with van der Waals surface area (Å²) in [6.07, 6.45) is -0.751. The number of carbonyl (C=O) groups is 2. The summed E-state index contributed by atoms with van der Waals surface area (Å²) in [4.78, 5) is 20.8. The molecule has 1 atom stereocenters. The molecule has 10 heteroatoms. The molecule has 0 radical (unpaired) electrons. The zero-order valence-electron chi connectivity index (χ0n) is 10.5. The van der Waals surface area contributed by atoms with Crippen molar-refractivity contribution in [2.75, 3.05) is 0 Å². The topological polar surface area (TPSA) is 127 Å². The van der Waals surface area contributed by atoms with Crippen LogP contribution in [0.1, 0.15) is 12.8 Å². The third-order valence-corrected chi connectivity index (χ3v) is 3.87. The van der Waals surface area contributed by atoms with E-state index in [2.05, 4.69) is 0 Å². The number of benzene rings is 1. The Bertz CT molecular complexity index is 642. The fraction of sp³-hybridized carbons (Fsp3) is 0.273. The molecule has 0 fully saturated rings. The van der Waals surface area contributed by atoms with E-state index in [1.165, 1.54) is 0 Å². The number of carboxylic acids is 1. The van der Waals surface area contributed by atoms with Crippen molar-refractivity contribution in [2.24, 2.45) is 5.73 Å². The van der Waals surface area contributed by atoms with E-state index in [9.17, 15) is 26.8 Å². The molecule has 1 aromatic carbocycles. The van der Waals surface area contributed by atoms with Crippen LogP contribution < -0.4 is 10.5 Å². The monoisotopic (exact) mass is 322 g/mol. The molecule has 0 bridgehead atoms. The lowest BCUT2D eigenvalue weighted by atomic mass is 10.2. The van der Waals surface area contributed by atoms with E-state index in [0.29, 0.717) is 18.2 Å². The maximum absolute atomic E-state index is 13.0. The number of carboxylic acid groups (broad SMARTS) is 1. The van der Waals surface area contributed by atoms with E-state index in [0.717, 1.165) is 0 Å². The van der Waals surface area contributed by atoms with Crippen molar-refractivity contribution in [1.29, 1.82) is 0 Å². The molecular formula is C11H12F2N2O5S. The Kier molecular flexibility index (Phi) is 5.33. The van der Waals surface area contributed by atoms with Crippen LogP contribution in [0.15, 0.2) is 23.1 Å². The summed E-state index contributed by atoms with van der Waals surface area (Å²) in [5, 5.41) is 8.88. The molecule has 0 aliphatic heterocycles. The average molecular weight is 322 g/mol. The van der Waals surface area contributed by atoms with Crippen molar-refractivity contribution in [3.05, 3.63) is 29.8 Å². The fourth-order valence-electron chi connectivity index (χ4n) is 1.46. The predicted molar refractivity (Wildman–Crippen MR) is 66.5 cm³/mol. The number of sulfonamides is 1. The van der Waals surface area contributed by atoms with Gasteiger partial charge >= 0.3 is 5.97 Å². The second kappa shape index (κ2) is 6.59. The predicted octanol–water partition coefficient (Wildman–Crippen LogP) is -0.0382. The van der Waals surface area contributed by atoms with Gasteiger partial charge < -0.3 is 10.8 Å². The summed E-state index contributed by atoms with van der Waals surface area (Å²) >= 11 is 0. The third-order valence-electron chi connectivity index (χ3n) is 2.42. The van der Waals surface area contributed by atoms with Crippen LogP contribution >= 0.6 is 0 Å². The van der Waals surface area contributed by atoms with Crippen LogP contribution in [0.25, 0.3) is 0 Å². The molecule has 1 amide bonds. The number of halogens is 2. The summed E-state index contributed by atoms with van der Waals surface area (Å²) < 4.78 is 51.5. The number of primary amides is 1. The molecule has 0 heterocycles. The van der Waals surface area contributed by atoms with E-state index in [-0.39, 0.29) is 12.8 Å². The molecule has 1 aromatic rings. The Morgan fingerprint density at radius 1 is 1.24 bits per heavy atom. The standard InChI is InChI=1S/C11H12F2N2O5S/c12-6-3-7(13)5-8(4-6)21(19,20)15-9(11(17)18)1-2-10(14)16/h3-5,9,15H,1-2H2,(H2,14,16)(H,17,18)/t9-/m1/s1. The number of nitrogens with two attached hydrogens (primary N) is 1. The van der Waals surface area contributed by atoms with Crippen LogP contribution in [0.2, 0.25) is 0 Å². The first-order chi connectivity index (χ1) is 9.61. The number of hydrogen-bond acceptors (Lipinski definition) is 4. The summed E-state index contributed by atoms with van der Waals surface area (Å²) in [5.74, 6) is -4.60. The lowest BCUT2D eigenvalue weighted by Crippen LogP contribution is -2.41. The molecule has 0 aliphatic rings. The van der Waals surface area contributed by atoms with Gasteiger partial charge in [-0.2, -0.15) is 4.72 Å². The van der Waals surface area contributed by atoms with Gasteiger partial charge in [-0.15, -0.1) is 0 Å². The first kappa shape index (κ1) is 17.0. The van der Waals surface area contributed by atoms with Gasteiger partial charge in [0.15, 0.2) is 0 Å². The number of amides is 1. The van der Waals surface area contributed by atoms with E-state index >= 15 is 0 Å². The van der Waals surface area contributed by atoms with Crippen molar-refractivity contribution in [2.45, 2.75) is 23.8 Å². The van der Waals surface area contributed by atoms with Crippen molar-refractivity contribution >= 4 is 21.9 Å². The first-order valence-electron chi connectivity index (χ1n) is 5.61. The van der Waals surface area contributed by atoms with E-state index in [1.807, 2.05) is 0 Å². The van der Waals surface area contributed by atoms with E-state index < -0.39 is 44.5 Å². The van der Waals surface area contributed by atoms with Crippen LogP contribution in [0, 0.1) is 11.6 Å². The van der Waals surface area contributed by atoms with Gasteiger partial charge in [0.1, 0.15) is 17.7 Å². The van der Waals surface area contributed by atoms with Gasteiger partial charge in [0.05, 0.1) is 4.90 Å². The number of hydrogen-bond donors (Lipinski definition) is 3. The van der Waals surface area contributed by atoms with Gasteiger partial charge in [0.2, 0.25) is 15.9 Å². The molecule has 0 aromatic heterocycles. The number of carbonyl (C=O) groups excluding carboxylic acids is 1. The quantitative estimate of drug-likeness (QED) is 0.649. The maximum Gasteiger partial charge on any atom is 0.321 e. The Balaban J connectivity index is 3.00. The van der Waals surface area contributed by atoms with E-state index in [1.54, 1.807) is 4.72 Å². The fourth-order valence-corrected chi connectivity index (χ4v) is 2.72. The summed E-state index contributed by atoms with van der Waals surface area (Å²) in [6, 6.07) is -0.0914. The molecule has 116 valence electrons. The highest BCUT2D eigenvalue weighted by atomic mass is 32.2. The Hall–Kier alpha value is -2.07. The second-order valence-electron chi connectivity index (χ2n) is 4.12. The zero-order valence-corrected chi connectivity index (χ0v) is 11.4. The number of aliphatic carboxylic acids is 1. The van der Waals surface area contributed by atoms with Gasteiger partial charge in [0, 0.05) is 12.5 Å². The summed E-state index contributed by atoms with van der Waals surface area (Å²) in [7, 11) is -4.46. The molecule has 7 nitrogen and oxygen atoms in total. The molecule has 21 heavy (non-hydrogen) atoms. The minimum atomic E-state index is -4.46. The van der Waals surface area contributed by atoms with Crippen LogP contribution in [0.4, 0.5) is 8.78 Å². The normalized spacial score (nSPS) is 12.9. The largest absolute Gasteiger partial charge is 0.480 e. The van der Waals surface area contributed by atoms with Gasteiger partial charge in [-0.05, 0) is 18.6 Å². The molecule has 0 aliphatic carbocycles. The van der Waals surface area contributed by atoms with Crippen molar-refractivity contribution in [1.82, 2.24) is 4.72 Å². The van der Waals surface area contributed by atoms with Crippen molar-refractivity contribution < 1.29 is 31.9 Å². The molecule has 1 rings (SSSR count). The highest BCUT2D eigenvalue weighted by molar-refractivity contribution is 7.89. The number of rotatable bonds is 7. The summed E-state index contributed by atoms with van der Waals surface area (Å²) in [6.45, 7) is 0. The second-order valence-corrected chi connectivity index (χ2v) is 5.84. The first-order valence-corrected chi connectivity index (χ1v) is 7.09. The SMILES string of the molecule is NC(=O)CC[C@@H](NS(=O)(=O)c1cc(F)cc(F)c1)C(=O)O. The molecule has 0 saturated heterocycles. The molecule has 4 N–H and O–H groups in total. The molecular weight excluding hydrogens is 310 g/mol. The van der Waals surface area contributed by atoms with Gasteiger partial charge in [-0.25, -0.2) is 17.2 Å². The summed E-state index contributed by atoms with van der Waals surface area (Å²) in [5.41, 5.74) is 4.85. The smallest absolute Gasteiger partial charge is 0.321 e. The average Bonchev–Trinajstić information content (AvgIpc) is 2.32. The molecule has 0 spiro atoms.